The van der Waals surface area contributed by atoms with Crippen molar-refractivity contribution in [3.63, 3.8) is 0 Å². The number of rotatable bonds is 5. The zero-order valence-corrected chi connectivity index (χ0v) is 13.6. The van der Waals surface area contributed by atoms with Crippen LogP contribution in [0.2, 0.25) is 0 Å². The van der Waals surface area contributed by atoms with Crippen molar-refractivity contribution in [2.24, 2.45) is 11.8 Å². The number of amides is 1. The summed E-state index contributed by atoms with van der Waals surface area (Å²) in [5.41, 5.74) is 0. The van der Waals surface area contributed by atoms with E-state index in [1.54, 1.807) is 30.3 Å². The number of carbonyl (C=O) groups excluding carboxylic acids is 1. The van der Waals surface area contributed by atoms with Gasteiger partial charge in [0.05, 0.1) is 11.4 Å². The van der Waals surface area contributed by atoms with E-state index in [2.05, 4.69) is 5.32 Å². The summed E-state index contributed by atoms with van der Waals surface area (Å²) in [6.07, 6.45) is 4.72. The Kier molecular flexibility index (Phi) is 4.23. The molecule has 3 atom stereocenters. The maximum atomic E-state index is 12.4. The molecule has 1 N–H and O–H groups in total. The number of benzene rings is 1. The van der Waals surface area contributed by atoms with E-state index in [-0.39, 0.29) is 23.4 Å². The van der Waals surface area contributed by atoms with E-state index in [1.807, 2.05) is 0 Å². The molecule has 1 aromatic carbocycles. The van der Waals surface area contributed by atoms with Crippen LogP contribution in [0.5, 0.6) is 0 Å². The number of nitrogens with one attached hydrogen (secondary N) is 1. The lowest BCUT2D eigenvalue weighted by molar-refractivity contribution is -0.122. The van der Waals surface area contributed by atoms with Crippen molar-refractivity contribution in [3.8, 4) is 0 Å². The first-order chi connectivity index (χ1) is 10.5. The van der Waals surface area contributed by atoms with E-state index >= 15 is 0 Å². The van der Waals surface area contributed by atoms with Gasteiger partial charge in [0.2, 0.25) is 15.9 Å². The molecule has 3 rings (SSSR count). The second-order valence-corrected chi connectivity index (χ2v) is 8.47. The molecule has 2 fully saturated rings. The first-order valence-corrected chi connectivity index (χ1v) is 9.21. The highest BCUT2D eigenvalue weighted by molar-refractivity contribution is 7.89. The van der Waals surface area contributed by atoms with Crippen LogP contribution in [0.15, 0.2) is 35.2 Å². The summed E-state index contributed by atoms with van der Waals surface area (Å²) >= 11 is 0. The van der Waals surface area contributed by atoms with Crippen molar-refractivity contribution in [3.05, 3.63) is 30.3 Å². The smallest absolute Gasteiger partial charge is 0.243 e. The molecular formula is C16H22N2O3S. The van der Waals surface area contributed by atoms with Crippen LogP contribution in [-0.2, 0) is 14.8 Å². The highest BCUT2D eigenvalue weighted by Crippen LogP contribution is 2.44. The molecule has 6 heteroatoms. The minimum absolute atomic E-state index is 0.134. The van der Waals surface area contributed by atoms with Crippen LogP contribution in [0, 0.1) is 11.8 Å². The predicted molar refractivity (Wildman–Crippen MR) is 83.6 cm³/mol. The SMILES string of the molecule is CN(CC(=O)N[C@H]1C[C@H]2CC[C@H]1C2)S(=O)(=O)c1ccccc1. The third kappa shape index (κ3) is 3.03. The lowest BCUT2D eigenvalue weighted by atomic mass is 9.95. The lowest BCUT2D eigenvalue weighted by Gasteiger charge is -2.24. The zero-order chi connectivity index (χ0) is 15.7. The Morgan fingerprint density at radius 2 is 1.95 bits per heavy atom. The molecule has 0 unspecified atom stereocenters. The third-order valence-corrected chi connectivity index (χ3v) is 6.72. The fraction of sp³-hybridized carbons (Fsp3) is 0.562. The Balaban J connectivity index is 1.59. The average molecular weight is 322 g/mol. The topological polar surface area (TPSA) is 66.5 Å². The quantitative estimate of drug-likeness (QED) is 0.895. The number of likely N-dealkylation sites (N-methyl/N-ethyl adjacent to an activating group) is 1. The summed E-state index contributed by atoms with van der Waals surface area (Å²) in [6.45, 7) is -0.134. The molecule has 0 radical (unpaired) electrons. The van der Waals surface area contributed by atoms with E-state index in [1.165, 1.54) is 26.3 Å². The molecule has 2 bridgehead atoms. The number of nitrogens with zero attached hydrogens (tertiary/aromatic N) is 1. The van der Waals surface area contributed by atoms with Gasteiger partial charge < -0.3 is 5.32 Å². The zero-order valence-electron chi connectivity index (χ0n) is 12.7. The average Bonchev–Trinajstić information content (AvgIpc) is 3.10. The predicted octanol–water partition coefficient (Wildman–Crippen LogP) is 1.61. The van der Waals surface area contributed by atoms with E-state index < -0.39 is 10.0 Å². The molecule has 0 heterocycles. The largest absolute Gasteiger partial charge is 0.352 e. The van der Waals surface area contributed by atoms with Crippen LogP contribution >= 0.6 is 0 Å². The summed E-state index contributed by atoms with van der Waals surface area (Å²) < 4.78 is 25.9. The van der Waals surface area contributed by atoms with Crippen LogP contribution in [0.3, 0.4) is 0 Å². The maximum Gasteiger partial charge on any atom is 0.243 e. The molecule has 2 saturated carbocycles. The van der Waals surface area contributed by atoms with Gasteiger partial charge in [0.1, 0.15) is 0 Å². The van der Waals surface area contributed by atoms with Gasteiger partial charge in [0, 0.05) is 13.1 Å². The second kappa shape index (κ2) is 6.01. The Hall–Kier alpha value is -1.40. The Morgan fingerprint density at radius 1 is 1.23 bits per heavy atom. The third-order valence-electron chi connectivity index (χ3n) is 4.90. The van der Waals surface area contributed by atoms with Crippen LogP contribution in [0.1, 0.15) is 25.7 Å². The fourth-order valence-corrected chi connectivity index (χ4v) is 4.88. The summed E-state index contributed by atoms with van der Waals surface area (Å²) in [5, 5.41) is 3.02. The van der Waals surface area contributed by atoms with Gasteiger partial charge in [-0.2, -0.15) is 4.31 Å². The lowest BCUT2D eigenvalue weighted by Crippen LogP contribution is -2.44. The monoisotopic (exact) mass is 322 g/mol. The molecule has 2 aliphatic carbocycles. The fourth-order valence-electron chi connectivity index (χ4n) is 3.73. The molecule has 1 amide bonds. The van der Waals surface area contributed by atoms with E-state index in [0.717, 1.165) is 16.6 Å². The number of hydrogen-bond acceptors (Lipinski definition) is 3. The van der Waals surface area contributed by atoms with Crippen molar-refractivity contribution >= 4 is 15.9 Å². The van der Waals surface area contributed by atoms with Gasteiger partial charge in [-0.1, -0.05) is 24.6 Å². The number of fused-ring (bicyclic) bond motifs is 2. The maximum absolute atomic E-state index is 12.4. The van der Waals surface area contributed by atoms with Crippen molar-refractivity contribution in [2.75, 3.05) is 13.6 Å². The normalized spacial score (nSPS) is 27.3. The van der Waals surface area contributed by atoms with Crippen molar-refractivity contribution in [1.29, 1.82) is 0 Å². The Morgan fingerprint density at radius 3 is 2.55 bits per heavy atom. The van der Waals surface area contributed by atoms with Crippen LogP contribution in [0.25, 0.3) is 0 Å². The van der Waals surface area contributed by atoms with E-state index in [4.69, 9.17) is 0 Å². The van der Waals surface area contributed by atoms with E-state index in [0.29, 0.717) is 5.92 Å². The molecule has 0 spiro atoms. The minimum Gasteiger partial charge on any atom is -0.352 e. The number of hydrogen-bond donors (Lipinski definition) is 1. The molecular weight excluding hydrogens is 300 g/mol. The molecule has 0 aliphatic heterocycles. The van der Waals surface area contributed by atoms with Crippen molar-refractivity contribution in [1.82, 2.24) is 9.62 Å². The summed E-state index contributed by atoms with van der Waals surface area (Å²) in [4.78, 5) is 12.4. The first-order valence-electron chi connectivity index (χ1n) is 7.77. The first kappa shape index (κ1) is 15.5. The molecule has 5 nitrogen and oxygen atoms in total. The molecule has 120 valence electrons. The van der Waals surface area contributed by atoms with Gasteiger partial charge in [-0.3, -0.25) is 4.79 Å². The number of sulfonamides is 1. The highest BCUT2D eigenvalue weighted by atomic mass is 32.2. The van der Waals surface area contributed by atoms with Crippen LogP contribution in [0.4, 0.5) is 0 Å². The minimum atomic E-state index is -3.61. The van der Waals surface area contributed by atoms with Gasteiger partial charge in [-0.05, 0) is 43.2 Å². The van der Waals surface area contributed by atoms with Crippen molar-refractivity contribution < 1.29 is 13.2 Å². The van der Waals surface area contributed by atoms with Gasteiger partial charge in [0.15, 0.2) is 0 Å². The van der Waals surface area contributed by atoms with Crippen LogP contribution in [-0.4, -0.2) is 38.3 Å². The molecule has 22 heavy (non-hydrogen) atoms. The van der Waals surface area contributed by atoms with Crippen molar-refractivity contribution in [2.45, 2.75) is 36.6 Å². The van der Waals surface area contributed by atoms with Gasteiger partial charge in [0.25, 0.3) is 0 Å². The van der Waals surface area contributed by atoms with Crippen LogP contribution < -0.4 is 5.32 Å². The number of carbonyl (C=O) groups is 1. The van der Waals surface area contributed by atoms with Gasteiger partial charge >= 0.3 is 0 Å². The summed E-state index contributed by atoms with van der Waals surface area (Å²) in [6, 6.07) is 8.44. The summed E-state index contributed by atoms with van der Waals surface area (Å²) in [7, 11) is -2.16. The Labute approximate surface area is 131 Å². The van der Waals surface area contributed by atoms with Gasteiger partial charge in [-0.25, -0.2) is 8.42 Å². The molecule has 2 aliphatic rings. The standard InChI is InChI=1S/C16H22N2O3S/c1-18(22(20,21)14-5-3-2-4-6-14)11-16(19)17-15-10-12-7-8-13(15)9-12/h2-6,12-13,15H,7-11H2,1H3,(H,17,19)/t12-,13-,15-/m0/s1. The molecule has 0 saturated heterocycles. The second-order valence-electron chi connectivity index (χ2n) is 6.42. The Bertz CT molecular complexity index is 645. The highest BCUT2D eigenvalue weighted by Gasteiger charge is 2.40. The van der Waals surface area contributed by atoms with Gasteiger partial charge in [-0.15, -0.1) is 0 Å². The molecule has 1 aromatic rings. The molecule has 0 aromatic heterocycles. The summed E-state index contributed by atoms with van der Waals surface area (Å²) in [5.74, 6) is 1.13. The van der Waals surface area contributed by atoms with E-state index in [9.17, 15) is 13.2 Å².